The summed E-state index contributed by atoms with van der Waals surface area (Å²) in [5.41, 5.74) is 1.81. The molecule has 3 rings (SSSR count). The third kappa shape index (κ3) is 3.82. The fourth-order valence-electron chi connectivity index (χ4n) is 2.95. The zero-order valence-corrected chi connectivity index (χ0v) is 13.5. The van der Waals surface area contributed by atoms with Crippen LogP contribution in [0.5, 0.6) is 0 Å². The van der Waals surface area contributed by atoms with Gasteiger partial charge < -0.3 is 15.1 Å². The van der Waals surface area contributed by atoms with Crippen LogP contribution in [0.25, 0.3) is 6.08 Å². The molecular formula is C18H21N3O3. The SMILES string of the molecule is O=C1CCN(C(=O)/C=C/c2ccc(N3CCCC3=O)cc2)CCN1. The zero-order valence-electron chi connectivity index (χ0n) is 13.5. The first kappa shape index (κ1) is 16.2. The number of hydrogen-bond donors (Lipinski definition) is 1. The van der Waals surface area contributed by atoms with Gasteiger partial charge in [0.1, 0.15) is 0 Å². The lowest BCUT2D eigenvalue weighted by Crippen LogP contribution is -2.32. The molecule has 3 amide bonds. The number of nitrogens with one attached hydrogen (secondary N) is 1. The van der Waals surface area contributed by atoms with Crippen LogP contribution in [-0.2, 0) is 14.4 Å². The smallest absolute Gasteiger partial charge is 0.246 e. The maximum atomic E-state index is 12.2. The topological polar surface area (TPSA) is 69.7 Å². The van der Waals surface area contributed by atoms with Crippen molar-refractivity contribution in [1.29, 1.82) is 0 Å². The van der Waals surface area contributed by atoms with E-state index in [1.165, 1.54) is 6.08 Å². The van der Waals surface area contributed by atoms with E-state index in [2.05, 4.69) is 5.32 Å². The number of rotatable bonds is 3. The van der Waals surface area contributed by atoms with Gasteiger partial charge in [-0.2, -0.15) is 0 Å². The molecule has 0 bridgehead atoms. The van der Waals surface area contributed by atoms with Gasteiger partial charge in [0.2, 0.25) is 17.7 Å². The van der Waals surface area contributed by atoms with E-state index in [4.69, 9.17) is 0 Å². The third-order valence-electron chi connectivity index (χ3n) is 4.32. The second-order valence-corrected chi connectivity index (χ2v) is 6.00. The summed E-state index contributed by atoms with van der Waals surface area (Å²) >= 11 is 0. The second-order valence-electron chi connectivity index (χ2n) is 6.00. The normalized spacial score (nSPS) is 18.8. The van der Waals surface area contributed by atoms with Gasteiger partial charge in [-0.1, -0.05) is 12.1 Å². The number of carbonyl (C=O) groups is 3. The Bertz CT molecular complexity index is 667. The molecule has 2 fully saturated rings. The molecule has 126 valence electrons. The molecule has 2 saturated heterocycles. The van der Waals surface area contributed by atoms with E-state index >= 15 is 0 Å². The minimum Gasteiger partial charge on any atom is -0.354 e. The summed E-state index contributed by atoms with van der Waals surface area (Å²) in [6.07, 6.45) is 5.16. The lowest BCUT2D eigenvalue weighted by atomic mass is 10.2. The first-order valence-electron chi connectivity index (χ1n) is 8.27. The molecule has 1 aromatic rings. The van der Waals surface area contributed by atoms with Crippen LogP contribution in [0.2, 0.25) is 0 Å². The second kappa shape index (κ2) is 7.29. The average molecular weight is 327 g/mol. The van der Waals surface area contributed by atoms with Gasteiger partial charge >= 0.3 is 0 Å². The summed E-state index contributed by atoms with van der Waals surface area (Å²) in [6, 6.07) is 7.61. The fraction of sp³-hybridized carbons (Fsp3) is 0.389. The predicted octanol–water partition coefficient (Wildman–Crippen LogP) is 1.18. The van der Waals surface area contributed by atoms with Crippen molar-refractivity contribution in [2.24, 2.45) is 0 Å². The van der Waals surface area contributed by atoms with Gasteiger partial charge in [0.15, 0.2) is 0 Å². The molecule has 6 heteroatoms. The van der Waals surface area contributed by atoms with Crippen LogP contribution in [0.1, 0.15) is 24.8 Å². The van der Waals surface area contributed by atoms with Crippen molar-refractivity contribution in [1.82, 2.24) is 10.2 Å². The summed E-state index contributed by atoms with van der Waals surface area (Å²) in [5.74, 6) is 0.0596. The maximum absolute atomic E-state index is 12.2. The Hall–Kier alpha value is -2.63. The van der Waals surface area contributed by atoms with Crippen molar-refractivity contribution in [3.63, 3.8) is 0 Å². The quantitative estimate of drug-likeness (QED) is 0.848. The molecule has 0 radical (unpaired) electrons. The molecule has 1 N–H and O–H groups in total. The van der Waals surface area contributed by atoms with E-state index in [0.717, 1.165) is 24.2 Å². The third-order valence-corrected chi connectivity index (χ3v) is 4.32. The highest BCUT2D eigenvalue weighted by Crippen LogP contribution is 2.21. The number of hydrogen-bond acceptors (Lipinski definition) is 3. The molecule has 0 aliphatic carbocycles. The van der Waals surface area contributed by atoms with E-state index in [1.54, 1.807) is 15.9 Å². The summed E-state index contributed by atoms with van der Waals surface area (Å²) in [4.78, 5) is 38.7. The average Bonchev–Trinajstić information content (AvgIpc) is 2.89. The largest absolute Gasteiger partial charge is 0.354 e. The van der Waals surface area contributed by atoms with Crippen molar-refractivity contribution in [2.75, 3.05) is 31.1 Å². The highest BCUT2D eigenvalue weighted by Gasteiger charge is 2.21. The fourth-order valence-corrected chi connectivity index (χ4v) is 2.95. The molecule has 24 heavy (non-hydrogen) atoms. The van der Waals surface area contributed by atoms with Crippen molar-refractivity contribution in [2.45, 2.75) is 19.3 Å². The molecule has 6 nitrogen and oxygen atoms in total. The van der Waals surface area contributed by atoms with Gasteiger partial charge in [0, 0.05) is 50.8 Å². The van der Waals surface area contributed by atoms with Crippen LogP contribution in [0, 0.1) is 0 Å². The Labute approximate surface area is 141 Å². The number of amides is 3. The summed E-state index contributed by atoms with van der Waals surface area (Å²) in [6.45, 7) is 2.25. The maximum Gasteiger partial charge on any atom is 0.246 e. The first-order chi connectivity index (χ1) is 11.6. The molecular weight excluding hydrogens is 306 g/mol. The zero-order chi connectivity index (χ0) is 16.9. The monoisotopic (exact) mass is 327 g/mol. The Balaban J connectivity index is 1.60. The van der Waals surface area contributed by atoms with Crippen molar-refractivity contribution in [3.8, 4) is 0 Å². The molecule has 0 atom stereocenters. The van der Waals surface area contributed by atoms with E-state index in [9.17, 15) is 14.4 Å². The highest BCUT2D eigenvalue weighted by molar-refractivity contribution is 5.95. The van der Waals surface area contributed by atoms with Crippen LogP contribution in [-0.4, -0.2) is 48.8 Å². The number of anilines is 1. The van der Waals surface area contributed by atoms with E-state index in [-0.39, 0.29) is 17.7 Å². The summed E-state index contributed by atoms with van der Waals surface area (Å²) in [5, 5.41) is 2.75. The van der Waals surface area contributed by atoms with Crippen molar-refractivity contribution in [3.05, 3.63) is 35.9 Å². The molecule has 2 aliphatic rings. The van der Waals surface area contributed by atoms with Crippen molar-refractivity contribution >= 4 is 29.5 Å². The van der Waals surface area contributed by atoms with Gasteiger partial charge in [-0.05, 0) is 30.2 Å². The molecule has 1 aromatic carbocycles. The van der Waals surface area contributed by atoms with Gasteiger partial charge in [-0.25, -0.2) is 0 Å². The van der Waals surface area contributed by atoms with Gasteiger partial charge in [0.05, 0.1) is 0 Å². The predicted molar refractivity (Wildman–Crippen MR) is 91.3 cm³/mol. The van der Waals surface area contributed by atoms with E-state index in [0.29, 0.717) is 32.5 Å². The minimum atomic E-state index is -0.0923. The Morgan fingerprint density at radius 1 is 1.04 bits per heavy atom. The standard InChI is InChI=1S/C18H21N3O3/c22-16-9-12-20(13-10-19-16)17(23)8-5-14-3-6-15(7-4-14)21-11-1-2-18(21)24/h3-8H,1-2,9-13H2,(H,19,22)/b8-5+. The van der Waals surface area contributed by atoms with Gasteiger partial charge in [-0.3, -0.25) is 14.4 Å². The van der Waals surface area contributed by atoms with Crippen LogP contribution in [0.15, 0.2) is 30.3 Å². The Kier molecular flexibility index (Phi) is 4.93. The lowest BCUT2D eigenvalue weighted by molar-refractivity contribution is -0.126. The Morgan fingerprint density at radius 2 is 1.83 bits per heavy atom. The number of benzene rings is 1. The first-order valence-corrected chi connectivity index (χ1v) is 8.27. The summed E-state index contributed by atoms with van der Waals surface area (Å²) < 4.78 is 0. The Morgan fingerprint density at radius 3 is 2.54 bits per heavy atom. The molecule has 0 aromatic heterocycles. The molecule has 2 aliphatic heterocycles. The van der Waals surface area contributed by atoms with Crippen LogP contribution < -0.4 is 10.2 Å². The minimum absolute atomic E-state index is 0.0127. The van der Waals surface area contributed by atoms with E-state index < -0.39 is 0 Å². The highest BCUT2D eigenvalue weighted by atomic mass is 16.2. The summed E-state index contributed by atoms with van der Waals surface area (Å²) in [7, 11) is 0. The number of nitrogens with zero attached hydrogens (tertiary/aromatic N) is 2. The van der Waals surface area contributed by atoms with Crippen LogP contribution >= 0.6 is 0 Å². The van der Waals surface area contributed by atoms with Gasteiger partial charge in [0.25, 0.3) is 0 Å². The molecule has 0 saturated carbocycles. The van der Waals surface area contributed by atoms with Gasteiger partial charge in [-0.15, -0.1) is 0 Å². The van der Waals surface area contributed by atoms with Crippen LogP contribution in [0.3, 0.4) is 0 Å². The van der Waals surface area contributed by atoms with E-state index in [1.807, 2.05) is 24.3 Å². The van der Waals surface area contributed by atoms with Crippen molar-refractivity contribution < 1.29 is 14.4 Å². The lowest BCUT2D eigenvalue weighted by Gasteiger charge is -2.17. The molecule has 0 unspecified atom stereocenters. The number of carbonyl (C=O) groups excluding carboxylic acids is 3. The molecule has 0 spiro atoms. The van der Waals surface area contributed by atoms with Crippen LogP contribution in [0.4, 0.5) is 5.69 Å². The molecule has 2 heterocycles.